The average molecular weight is 536 g/mol. The van der Waals surface area contributed by atoms with Crippen molar-refractivity contribution in [3.63, 3.8) is 0 Å². The molecule has 194 valence electrons. The quantitative estimate of drug-likeness (QED) is 0.205. The molecule has 1 heterocycles. The molecule has 9 heteroatoms. The molecule has 5 rings (SSSR count). The van der Waals surface area contributed by atoms with Gasteiger partial charge in [0.05, 0.1) is 16.8 Å². The summed E-state index contributed by atoms with van der Waals surface area (Å²) >= 11 is 0. The number of benzene rings is 4. The summed E-state index contributed by atoms with van der Waals surface area (Å²) in [6.45, 7) is 1.89. The molecule has 5 aromatic rings. The number of rotatable bonds is 8. The van der Waals surface area contributed by atoms with E-state index in [-0.39, 0.29) is 4.90 Å². The maximum atomic E-state index is 12.7. The third-order valence-electron chi connectivity index (χ3n) is 5.91. The van der Waals surface area contributed by atoms with Gasteiger partial charge in [0.1, 0.15) is 5.69 Å². The van der Waals surface area contributed by atoms with Crippen LogP contribution in [-0.4, -0.2) is 30.3 Å². The summed E-state index contributed by atoms with van der Waals surface area (Å²) < 4.78 is 29.5. The molecule has 39 heavy (non-hydrogen) atoms. The fourth-order valence-corrected chi connectivity index (χ4v) is 4.92. The number of carbonyl (C=O) groups excluding carboxylic acids is 1. The second-order valence-electron chi connectivity index (χ2n) is 8.77. The number of aryl methyl sites for hydroxylation is 1. The molecular formula is C30H25N5O3S. The molecule has 0 aliphatic heterocycles. The number of hydrogen-bond donors (Lipinski definition) is 2. The summed E-state index contributed by atoms with van der Waals surface area (Å²) in [6.07, 6.45) is 3.40. The highest BCUT2D eigenvalue weighted by Gasteiger charge is 2.15. The van der Waals surface area contributed by atoms with E-state index in [1.165, 1.54) is 24.3 Å². The fourth-order valence-electron chi connectivity index (χ4n) is 3.86. The highest BCUT2D eigenvalue weighted by molar-refractivity contribution is 7.92. The van der Waals surface area contributed by atoms with E-state index in [0.29, 0.717) is 11.3 Å². The first-order chi connectivity index (χ1) is 18.9. The van der Waals surface area contributed by atoms with Crippen LogP contribution in [0.3, 0.4) is 0 Å². The number of nitrogens with zero attached hydrogens (tertiary/aromatic N) is 3. The Morgan fingerprint density at radius 2 is 1.49 bits per heavy atom. The van der Waals surface area contributed by atoms with Crippen molar-refractivity contribution >= 4 is 27.8 Å². The Labute approximate surface area is 226 Å². The topological polar surface area (TPSA) is 105 Å². The van der Waals surface area contributed by atoms with Crippen LogP contribution in [0.15, 0.2) is 125 Å². The standard InChI is InChI=1S/C30H25N5O3S/c1-22-12-18-28(19-13-22)39(37,38)34-26-16-14-24(15-17-26)30(36)32-31-20-25-21-35(27-10-6-3-7-11-27)33-29(25)23-8-4-2-5-9-23/h2-21,34H,1H3,(H,32,36)/b31-20-. The van der Waals surface area contributed by atoms with E-state index in [4.69, 9.17) is 5.10 Å². The molecule has 0 radical (unpaired) electrons. The molecule has 1 amide bonds. The van der Waals surface area contributed by atoms with Crippen LogP contribution in [0, 0.1) is 6.92 Å². The lowest BCUT2D eigenvalue weighted by atomic mass is 10.1. The Kier molecular flexibility index (Phi) is 7.33. The molecule has 0 aliphatic rings. The van der Waals surface area contributed by atoms with Crippen LogP contribution < -0.4 is 10.1 Å². The normalized spacial score (nSPS) is 11.4. The number of hydrogen-bond acceptors (Lipinski definition) is 5. The van der Waals surface area contributed by atoms with Gasteiger partial charge < -0.3 is 0 Å². The summed E-state index contributed by atoms with van der Waals surface area (Å²) in [4.78, 5) is 12.8. The lowest BCUT2D eigenvalue weighted by Gasteiger charge is -2.09. The van der Waals surface area contributed by atoms with Crippen LogP contribution in [0.5, 0.6) is 0 Å². The van der Waals surface area contributed by atoms with Crippen molar-refractivity contribution in [3.05, 3.63) is 132 Å². The lowest BCUT2D eigenvalue weighted by Crippen LogP contribution is -2.18. The van der Waals surface area contributed by atoms with Gasteiger partial charge in [-0.25, -0.2) is 18.5 Å². The minimum Gasteiger partial charge on any atom is -0.280 e. The highest BCUT2D eigenvalue weighted by atomic mass is 32.2. The number of sulfonamides is 1. The van der Waals surface area contributed by atoms with Gasteiger partial charge in [-0.15, -0.1) is 0 Å². The molecule has 4 aromatic carbocycles. The van der Waals surface area contributed by atoms with Gasteiger partial charge in [0.15, 0.2) is 0 Å². The molecule has 2 N–H and O–H groups in total. The number of nitrogens with one attached hydrogen (secondary N) is 2. The Bertz CT molecular complexity index is 1710. The van der Waals surface area contributed by atoms with E-state index < -0.39 is 15.9 Å². The molecule has 0 saturated carbocycles. The smallest absolute Gasteiger partial charge is 0.271 e. The Hall–Kier alpha value is -5.02. The first kappa shape index (κ1) is 25.6. The number of hydrazone groups is 1. The zero-order chi connectivity index (χ0) is 27.2. The van der Waals surface area contributed by atoms with Gasteiger partial charge in [-0.3, -0.25) is 9.52 Å². The van der Waals surface area contributed by atoms with Crippen LogP contribution in [0.4, 0.5) is 5.69 Å². The molecule has 0 spiro atoms. The van der Waals surface area contributed by atoms with E-state index in [2.05, 4.69) is 15.2 Å². The van der Waals surface area contributed by atoms with Gasteiger partial charge in [-0.1, -0.05) is 66.2 Å². The molecule has 0 unspecified atom stereocenters. The van der Waals surface area contributed by atoms with Crippen LogP contribution >= 0.6 is 0 Å². The van der Waals surface area contributed by atoms with E-state index >= 15 is 0 Å². The van der Waals surface area contributed by atoms with Crippen molar-refractivity contribution in [1.82, 2.24) is 15.2 Å². The molecule has 0 bridgehead atoms. The lowest BCUT2D eigenvalue weighted by molar-refractivity contribution is 0.0955. The second-order valence-corrected chi connectivity index (χ2v) is 10.5. The zero-order valence-corrected chi connectivity index (χ0v) is 21.8. The zero-order valence-electron chi connectivity index (χ0n) is 21.0. The van der Waals surface area contributed by atoms with E-state index in [1.807, 2.05) is 73.8 Å². The predicted molar refractivity (Wildman–Crippen MR) is 152 cm³/mol. The van der Waals surface area contributed by atoms with Crippen LogP contribution in [-0.2, 0) is 10.0 Å². The average Bonchev–Trinajstić information content (AvgIpc) is 3.38. The molecular weight excluding hydrogens is 510 g/mol. The summed E-state index contributed by atoms with van der Waals surface area (Å²) in [6, 6.07) is 32.1. The van der Waals surface area contributed by atoms with E-state index in [1.54, 1.807) is 35.2 Å². The van der Waals surface area contributed by atoms with E-state index in [0.717, 1.165) is 28.1 Å². The van der Waals surface area contributed by atoms with Gasteiger partial charge in [0, 0.05) is 28.6 Å². The third kappa shape index (κ3) is 6.11. The molecule has 1 aromatic heterocycles. The molecule has 0 saturated heterocycles. The van der Waals surface area contributed by atoms with Crippen molar-refractivity contribution in [3.8, 4) is 16.9 Å². The number of para-hydroxylation sites is 1. The number of anilines is 1. The molecule has 0 aliphatic carbocycles. The maximum Gasteiger partial charge on any atom is 0.271 e. The highest BCUT2D eigenvalue weighted by Crippen LogP contribution is 2.22. The van der Waals surface area contributed by atoms with Gasteiger partial charge >= 0.3 is 0 Å². The first-order valence-electron chi connectivity index (χ1n) is 12.1. The fraction of sp³-hybridized carbons (Fsp3) is 0.0333. The largest absolute Gasteiger partial charge is 0.280 e. The Balaban J connectivity index is 1.29. The number of carbonyl (C=O) groups is 1. The van der Waals surface area contributed by atoms with Crippen LogP contribution in [0.1, 0.15) is 21.5 Å². The summed E-state index contributed by atoms with van der Waals surface area (Å²) in [5.74, 6) is -0.434. The van der Waals surface area contributed by atoms with Crippen molar-refractivity contribution in [2.45, 2.75) is 11.8 Å². The summed E-state index contributed by atoms with van der Waals surface area (Å²) in [5, 5.41) is 8.88. The van der Waals surface area contributed by atoms with Gasteiger partial charge in [0.25, 0.3) is 15.9 Å². The van der Waals surface area contributed by atoms with Crippen molar-refractivity contribution in [2.75, 3.05) is 4.72 Å². The summed E-state index contributed by atoms with van der Waals surface area (Å²) in [5.41, 5.74) is 7.44. The van der Waals surface area contributed by atoms with Crippen molar-refractivity contribution in [2.24, 2.45) is 5.10 Å². The third-order valence-corrected chi connectivity index (χ3v) is 7.31. The van der Waals surface area contributed by atoms with Crippen LogP contribution in [0.2, 0.25) is 0 Å². The van der Waals surface area contributed by atoms with Gasteiger partial charge in [-0.05, 0) is 55.5 Å². The maximum absolute atomic E-state index is 12.7. The summed E-state index contributed by atoms with van der Waals surface area (Å²) in [7, 11) is -3.74. The molecule has 8 nitrogen and oxygen atoms in total. The number of amides is 1. The minimum atomic E-state index is -3.74. The van der Waals surface area contributed by atoms with Crippen LogP contribution in [0.25, 0.3) is 16.9 Å². The Morgan fingerprint density at radius 1 is 0.846 bits per heavy atom. The van der Waals surface area contributed by atoms with E-state index in [9.17, 15) is 13.2 Å². The molecule has 0 fully saturated rings. The second kappa shape index (κ2) is 11.2. The number of aromatic nitrogens is 2. The van der Waals surface area contributed by atoms with Gasteiger partial charge in [0.2, 0.25) is 0 Å². The predicted octanol–water partition coefficient (Wildman–Crippen LogP) is 5.41. The van der Waals surface area contributed by atoms with Crippen molar-refractivity contribution < 1.29 is 13.2 Å². The Morgan fingerprint density at radius 3 is 2.15 bits per heavy atom. The molecule has 0 atom stereocenters. The monoisotopic (exact) mass is 535 g/mol. The van der Waals surface area contributed by atoms with Gasteiger partial charge in [-0.2, -0.15) is 10.2 Å². The van der Waals surface area contributed by atoms with Crippen molar-refractivity contribution in [1.29, 1.82) is 0 Å². The SMILES string of the molecule is Cc1ccc(S(=O)(=O)Nc2ccc(C(=O)N/N=C\c3cn(-c4ccccc4)nc3-c3ccccc3)cc2)cc1. The minimum absolute atomic E-state index is 0.162. The first-order valence-corrected chi connectivity index (χ1v) is 13.6.